The highest BCUT2D eigenvalue weighted by Gasteiger charge is 2.40. The minimum atomic E-state index is 0.301. The molecule has 4 rings (SSSR count). The fraction of sp³-hybridized carbons (Fsp3) is 0.478. The molecule has 0 N–H and O–H groups in total. The molecule has 2 aromatic carbocycles. The summed E-state index contributed by atoms with van der Waals surface area (Å²) in [6, 6.07) is 22.3. The summed E-state index contributed by atoms with van der Waals surface area (Å²) < 4.78 is 6.23. The van der Waals surface area contributed by atoms with E-state index in [0.717, 1.165) is 13.0 Å². The maximum absolute atomic E-state index is 6.23. The third kappa shape index (κ3) is 3.80. The number of ether oxygens (including phenoxy) is 1. The molecule has 2 saturated heterocycles. The van der Waals surface area contributed by atoms with Gasteiger partial charge in [0.2, 0.25) is 0 Å². The molecule has 2 fully saturated rings. The van der Waals surface area contributed by atoms with Crippen LogP contribution in [0.15, 0.2) is 60.7 Å². The number of hydrogen-bond donors (Lipinski definition) is 0. The molecule has 2 heterocycles. The first-order valence-electron chi connectivity index (χ1n) is 9.68. The van der Waals surface area contributed by atoms with E-state index in [1.807, 2.05) is 0 Å². The van der Waals surface area contributed by atoms with Gasteiger partial charge in [-0.2, -0.15) is 0 Å². The number of piperidine rings is 2. The number of rotatable bonds is 4. The van der Waals surface area contributed by atoms with E-state index in [4.69, 9.17) is 4.74 Å². The molecule has 2 aliphatic heterocycles. The lowest BCUT2D eigenvalue weighted by Gasteiger charge is -2.49. The Bertz CT molecular complexity index is 671. The highest BCUT2D eigenvalue weighted by atomic mass is 16.5. The van der Waals surface area contributed by atoms with Gasteiger partial charge in [0.1, 0.15) is 0 Å². The minimum absolute atomic E-state index is 0.301. The molecule has 0 bridgehead atoms. The Labute approximate surface area is 151 Å². The summed E-state index contributed by atoms with van der Waals surface area (Å²) in [7, 11) is 0. The van der Waals surface area contributed by atoms with Gasteiger partial charge in [0.15, 0.2) is 0 Å². The van der Waals surface area contributed by atoms with Crippen LogP contribution in [0.25, 0.3) is 0 Å². The van der Waals surface area contributed by atoms with Crippen LogP contribution < -0.4 is 0 Å². The molecule has 0 saturated carbocycles. The molecule has 0 aromatic heterocycles. The van der Waals surface area contributed by atoms with Crippen LogP contribution >= 0.6 is 0 Å². The molecule has 3 atom stereocenters. The highest BCUT2D eigenvalue weighted by molar-refractivity contribution is 5.26. The van der Waals surface area contributed by atoms with Gasteiger partial charge in [0.25, 0.3) is 0 Å². The van der Waals surface area contributed by atoms with Crippen molar-refractivity contribution in [2.75, 3.05) is 13.1 Å². The Hall–Kier alpha value is -1.64. The predicted octanol–water partition coefficient (Wildman–Crippen LogP) is 4.79. The van der Waals surface area contributed by atoms with Crippen molar-refractivity contribution in [2.45, 2.75) is 56.8 Å². The Morgan fingerprint density at radius 1 is 1.00 bits per heavy atom. The van der Waals surface area contributed by atoms with Crippen molar-refractivity contribution in [3.63, 3.8) is 0 Å². The fourth-order valence-corrected chi connectivity index (χ4v) is 4.60. The molecule has 0 amide bonds. The maximum Gasteiger partial charge on any atom is 0.0720 e. The van der Waals surface area contributed by atoms with Gasteiger partial charge in [-0.25, -0.2) is 0 Å². The maximum atomic E-state index is 6.23. The summed E-state index contributed by atoms with van der Waals surface area (Å²) in [5.74, 6) is 0. The van der Waals surface area contributed by atoms with Crippen LogP contribution in [0, 0.1) is 0 Å². The fourth-order valence-electron chi connectivity index (χ4n) is 4.60. The van der Waals surface area contributed by atoms with Crippen LogP contribution in [0.5, 0.6) is 0 Å². The summed E-state index contributed by atoms with van der Waals surface area (Å²) in [5.41, 5.74) is 3.08. The van der Waals surface area contributed by atoms with Gasteiger partial charge in [0.05, 0.1) is 12.7 Å². The molecule has 3 unspecified atom stereocenters. The molecule has 132 valence electrons. The Morgan fingerprint density at radius 3 is 2.48 bits per heavy atom. The van der Waals surface area contributed by atoms with Crippen LogP contribution in [0.4, 0.5) is 0 Å². The Balaban J connectivity index is 1.34. The van der Waals surface area contributed by atoms with E-state index in [1.54, 1.807) is 0 Å². The molecule has 0 radical (unpaired) electrons. The van der Waals surface area contributed by atoms with E-state index in [0.29, 0.717) is 17.6 Å². The third-order valence-electron chi connectivity index (χ3n) is 6.17. The summed E-state index contributed by atoms with van der Waals surface area (Å²) in [5, 5.41) is 0. The summed E-state index contributed by atoms with van der Waals surface area (Å²) in [4.78, 5) is 2.72. The average molecular weight is 335 g/mol. The van der Waals surface area contributed by atoms with Crippen LogP contribution in [0.1, 0.15) is 43.7 Å². The van der Waals surface area contributed by atoms with Gasteiger partial charge < -0.3 is 4.74 Å². The number of benzene rings is 2. The second-order valence-corrected chi connectivity index (χ2v) is 8.03. The van der Waals surface area contributed by atoms with E-state index in [1.165, 1.54) is 43.5 Å². The van der Waals surface area contributed by atoms with Crippen molar-refractivity contribution in [2.24, 2.45) is 0 Å². The SMILES string of the molecule is CC1(c2ccccc2)CCC2CC(OCc3ccccc3)CCN2C1. The van der Waals surface area contributed by atoms with Crippen LogP contribution in [0.2, 0.25) is 0 Å². The lowest BCUT2D eigenvalue weighted by atomic mass is 9.72. The molecule has 2 nitrogen and oxygen atoms in total. The van der Waals surface area contributed by atoms with E-state index in [-0.39, 0.29) is 0 Å². The van der Waals surface area contributed by atoms with Crippen molar-refractivity contribution in [3.05, 3.63) is 71.8 Å². The van der Waals surface area contributed by atoms with Crippen LogP contribution in [-0.2, 0) is 16.8 Å². The quantitative estimate of drug-likeness (QED) is 0.797. The van der Waals surface area contributed by atoms with Gasteiger partial charge in [0, 0.05) is 24.5 Å². The van der Waals surface area contributed by atoms with Gasteiger partial charge in [-0.1, -0.05) is 67.6 Å². The van der Waals surface area contributed by atoms with E-state index in [9.17, 15) is 0 Å². The van der Waals surface area contributed by atoms with Gasteiger partial charge in [-0.05, 0) is 36.8 Å². The van der Waals surface area contributed by atoms with Crippen LogP contribution in [0.3, 0.4) is 0 Å². The van der Waals surface area contributed by atoms with Gasteiger partial charge in [-0.15, -0.1) is 0 Å². The lowest BCUT2D eigenvalue weighted by molar-refractivity contribution is -0.0434. The largest absolute Gasteiger partial charge is 0.373 e. The molecule has 25 heavy (non-hydrogen) atoms. The second-order valence-electron chi connectivity index (χ2n) is 8.03. The average Bonchev–Trinajstić information content (AvgIpc) is 2.68. The van der Waals surface area contributed by atoms with Crippen molar-refractivity contribution in [1.82, 2.24) is 4.90 Å². The predicted molar refractivity (Wildman–Crippen MR) is 103 cm³/mol. The van der Waals surface area contributed by atoms with E-state index >= 15 is 0 Å². The second kappa shape index (κ2) is 7.31. The molecular weight excluding hydrogens is 306 g/mol. The number of nitrogens with zero attached hydrogens (tertiary/aromatic N) is 1. The topological polar surface area (TPSA) is 12.5 Å². The first kappa shape index (κ1) is 16.8. The zero-order chi connectivity index (χ0) is 17.1. The minimum Gasteiger partial charge on any atom is -0.373 e. The molecule has 0 spiro atoms. The first-order chi connectivity index (χ1) is 12.2. The van der Waals surface area contributed by atoms with Crippen molar-refractivity contribution >= 4 is 0 Å². The smallest absolute Gasteiger partial charge is 0.0720 e. The summed E-state index contributed by atoms with van der Waals surface area (Å²) in [6.07, 6.45) is 5.34. The third-order valence-corrected chi connectivity index (χ3v) is 6.17. The van der Waals surface area contributed by atoms with Gasteiger partial charge >= 0.3 is 0 Å². The number of fused-ring (bicyclic) bond motifs is 1. The zero-order valence-corrected chi connectivity index (χ0v) is 15.2. The van der Waals surface area contributed by atoms with Crippen molar-refractivity contribution < 1.29 is 4.74 Å². The molecule has 2 heteroatoms. The lowest BCUT2D eigenvalue weighted by Crippen LogP contribution is -2.54. The van der Waals surface area contributed by atoms with Crippen molar-refractivity contribution in [1.29, 1.82) is 0 Å². The summed E-state index contributed by atoms with van der Waals surface area (Å²) in [6.45, 7) is 5.55. The molecule has 0 aliphatic carbocycles. The molecule has 2 aliphatic rings. The Kier molecular flexibility index (Phi) is 4.91. The van der Waals surface area contributed by atoms with E-state index in [2.05, 4.69) is 72.5 Å². The monoisotopic (exact) mass is 335 g/mol. The molecule has 2 aromatic rings. The highest BCUT2D eigenvalue weighted by Crippen LogP contribution is 2.39. The normalized spacial score (nSPS) is 30.0. The van der Waals surface area contributed by atoms with E-state index < -0.39 is 0 Å². The Morgan fingerprint density at radius 2 is 1.72 bits per heavy atom. The number of hydrogen-bond acceptors (Lipinski definition) is 2. The molecular formula is C23H29NO. The first-order valence-corrected chi connectivity index (χ1v) is 9.68. The standard InChI is InChI=1S/C23H29NO/c1-23(20-10-6-3-7-11-20)14-12-21-16-22(13-15-24(21)18-23)25-17-19-8-4-2-5-9-19/h2-11,21-22H,12-18H2,1H3. The van der Waals surface area contributed by atoms with Crippen molar-refractivity contribution in [3.8, 4) is 0 Å². The zero-order valence-electron chi connectivity index (χ0n) is 15.2. The summed E-state index contributed by atoms with van der Waals surface area (Å²) >= 11 is 0. The van der Waals surface area contributed by atoms with Gasteiger partial charge in [-0.3, -0.25) is 4.90 Å². The van der Waals surface area contributed by atoms with Crippen LogP contribution in [-0.4, -0.2) is 30.1 Å².